The first kappa shape index (κ1) is 23.9. The van der Waals surface area contributed by atoms with E-state index >= 15 is 0 Å². The largest absolute Gasteiger partial charge is 0.303 e. The van der Waals surface area contributed by atoms with Crippen LogP contribution in [0.5, 0.6) is 0 Å². The molecule has 2 heterocycles. The Morgan fingerprint density at radius 3 is 2.47 bits per heavy atom. The SMILES string of the molecule is O=C(CCCN1CCC2(CC1)SC(c1ccc(Cl)c(Cl)c1)c1ccccc12)c1ccc(F)cc1. The van der Waals surface area contributed by atoms with Crippen LogP contribution in [0.1, 0.15) is 58.0 Å². The van der Waals surface area contributed by atoms with Crippen molar-refractivity contribution < 1.29 is 9.18 Å². The van der Waals surface area contributed by atoms with Gasteiger partial charge in [-0.3, -0.25) is 4.79 Å². The highest BCUT2D eigenvalue weighted by Crippen LogP contribution is 2.61. The molecule has 2 aliphatic rings. The van der Waals surface area contributed by atoms with Gasteiger partial charge in [-0.05, 0) is 92.0 Å². The lowest BCUT2D eigenvalue weighted by Gasteiger charge is -2.39. The van der Waals surface area contributed by atoms with Crippen LogP contribution in [-0.2, 0) is 4.75 Å². The standard InChI is InChI=1S/C28H26Cl2FNOS/c29-24-12-9-20(18-25(24)30)27-22-4-1-2-5-23(22)28(34-27)13-16-32(17-14-28)15-3-6-26(33)19-7-10-21(31)11-8-19/h1-2,4-5,7-12,18,27H,3,6,13-17H2. The average molecular weight is 514 g/mol. The fraction of sp³-hybridized carbons (Fsp3) is 0.321. The minimum atomic E-state index is -0.313. The molecule has 5 rings (SSSR count). The van der Waals surface area contributed by atoms with E-state index in [2.05, 4.69) is 35.2 Å². The number of piperidine rings is 1. The van der Waals surface area contributed by atoms with Gasteiger partial charge in [0, 0.05) is 16.7 Å². The highest BCUT2D eigenvalue weighted by atomic mass is 35.5. The highest BCUT2D eigenvalue weighted by molar-refractivity contribution is 8.01. The number of ketones is 1. The minimum absolute atomic E-state index is 0.0817. The Kier molecular flexibility index (Phi) is 7.04. The number of halogens is 3. The van der Waals surface area contributed by atoms with Gasteiger partial charge in [0.15, 0.2) is 5.78 Å². The summed E-state index contributed by atoms with van der Waals surface area (Å²) in [5, 5.41) is 1.44. The normalized spacial score (nSPS) is 19.3. The molecule has 1 saturated heterocycles. The Hall–Kier alpha value is -1.85. The lowest BCUT2D eigenvalue weighted by Crippen LogP contribution is -2.40. The maximum Gasteiger partial charge on any atom is 0.162 e. The molecule has 6 heteroatoms. The van der Waals surface area contributed by atoms with Gasteiger partial charge >= 0.3 is 0 Å². The van der Waals surface area contributed by atoms with Crippen molar-refractivity contribution in [3.63, 3.8) is 0 Å². The molecule has 2 aliphatic heterocycles. The molecule has 2 nitrogen and oxygen atoms in total. The topological polar surface area (TPSA) is 20.3 Å². The number of likely N-dealkylation sites (tertiary alicyclic amines) is 1. The molecule has 0 radical (unpaired) electrons. The number of rotatable bonds is 6. The van der Waals surface area contributed by atoms with Crippen molar-refractivity contribution in [2.24, 2.45) is 0 Å². The Balaban J connectivity index is 1.22. The van der Waals surface area contributed by atoms with Crippen LogP contribution >= 0.6 is 35.0 Å². The van der Waals surface area contributed by atoms with Crippen LogP contribution < -0.4 is 0 Å². The predicted molar refractivity (Wildman–Crippen MR) is 140 cm³/mol. The number of benzene rings is 3. The van der Waals surface area contributed by atoms with E-state index in [9.17, 15) is 9.18 Å². The molecule has 0 N–H and O–H groups in total. The van der Waals surface area contributed by atoms with Crippen LogP contribution in [0.15, 0.2) is 66.7 Å². The number of thioether (sulfide) groups is 1. The van der Waals surface area contributed by atoms with Crippen LogP contribution in [0.3, 0.4) is 0 Å². The first-order valence-electron chi connectivity index (χ1n) is 11.7. The Bertz CT molecular complexity index is 1190. The lowest BCUT2D eigenvalue weighted by molar-refractivity contribution is 0.0971. The van der Waals surface area contributed by atoms with Gasteiger partial charge in [-0.2, -0.15) is 0 Å². The number of fused-ring (bicyclic) bond motifs is 2. The van der Waals surface area contributed by atoms with Gasteiger partial charge in [0.1, 0.15) is 5.82 Å². The summed E-state index contributed by atoms with van der Waals surface area (Å²) in [5.74, 6) is -0.232. The molecular weight excluding hydrogens is 488 g/mol. The van der Waals surface area contributed by atoms with Gasteiger partial charge in [0.05, 0.1) is 15.3 Å². The third-order valence-electron chi connectivity index (χ3n) is 7.03. The molecule has 0 saturated carbocycles. The van der Waals surface area contributed by atoms with Crippen LogP contribution in [0.2, 0.25) is 10.0 Å². The maximum absolute atomic E-state index is 13.1. The minimum Gasteiger partial charge on any atom is -0.303 e. The zero-order valence-corrected chi connectivity index (χ0v) is 21.1. The van der Waals surface area contributed by atoms with Crippen molar-refractivity contribution in [1.82, 2.24) is 4.90 Å². The second kappa shape index (κ2) is 10.0. The summed E-state index contributed by atoms with van der Waals surface area (Å²) in [6.07, 6.45) is 3.47. The summed E-state index contributed by atoms with van der Waals surface area (Å²) in [5.41, 5.74) is 4.61. The molecule has 3 aromatic carbocycles. The first-order valence-corrected chi connectivity index (χ1v) is 13.3. The summed E-state index contributed by atoms with van der Waals surface area (Å²) in [7, 11) is 0. The second-order valence-corrected chi connectivity index (χ2v) is 11.4. The molecule has 0 aromatic heterocycles. The van der Waals surface area contributed by atoms with E-state index in [1.165, 1.54) is 28.8 Å². The average Bonchev–Trinajstić information content (AvgIpc) is 3.17. The molecule has 176 valence electrons. The molecule has 1 fully saturated rings. The summed E-state index contributed by atoms with van der Waals surface area (Å²) < 4.78 is 13.2. The Morgan fingerprint density at radius 1 is 1.00 bits per heavy atom. The van der Waals surface area contributed by atoms with E-state index in [4.69, 9.17) is 23.2 Å². The summed E-state index contributed by atoms with van der Waals surface area (Å²) in [6, 6.07) is 20.6. The Morgan fingerprint density at radius 2 is 1.74 bits per heavy atom. The van der Waals surface area contributed by atoms with Crippen molar-refractivity contribution in [1.29, 1.82) is 0 Å². The molecule has 1 spiro atoms. The second-order valence-electron chi connectivity index (χ2n) is 9.13. The quantitative estimate of drug-likeness (QED) is 0.312. The molecule has 0 aliphatic carbocycles. The molecule has 0 amide bonds. The summed E-state index contributed by atoms with van der Waals surface area (Å²) >= 11 is 14.6. The number of hydrogen-bond acceptors (Lipinski definition) is 3. The lowest BCUT2D eigenvalue weighted by atomic mass is 9.84. The fourth-order valence-electron chi connectivity index (χ4n) is 5.18. The number of carbonyl (C=O) groups excluding carboxylic acids is 1. The zero-order valence-electron chi connectivity index (χ0n) is 18.8. The summed E-state index contributed by atoms with van der Waals surface area (Å²) in [4.78, 5) is 14.9. The molecular formula is C28H26Cl2FNOS. The van der Waals surface area contributed by atoms with Crippen LogP contribution in [0, 0.1) is 5.82 Å². The predicted octanol–water partition coefficient (Wildman–Crippen LogP) is 7.92. The Labute approximate surface area is 214 Å². The van der Waals surface area contributed by atoms with Gasteiger partial charge in [0.25, 0.3) is 0 Å². The number of Topliss-reactive ketones (excluding diaryl/α,β-unsaturated/α-hetero) is 1. The highest BCUT2D eigenvalue weighted by Gasteiger charge is 2.46. The number of carbonyl (C=O) groups is 1. The van der Waals surface area contributed by atoms with E-state index in [0.717, 1.165) is 38.9 Å². The molecule has 1 unspecified atom stereocenters. The smallest absolute Gasteiger partial charge is 0.162 e. The van der Waals surface area contributed by atoms with Crippen molar-refractivity contribution >= 4 is 40.7 Å². The number of hydrogen-bond donors (Lipinski definition) is 0. The first-order chi connectivity index (χ1) is 16.4. The van der Waals surface area contributed by atoms with Crippen LogP contribution in [0.25, 0.3) is 0 Å². The zero-order chi connectivity index (χ0) is 23.7. The monoisotopic (exact) mass is 513 g/mol. The van der Waals surface area contributed by atoms with E-state index in [1.54, 1.807) is 12.1 Å². The molecule has 3 aromatic rings. The van der Waals surface area contributed by atoms with E-state index < -0.39 is 0 Å². The van der Waals surface area contributed by atoms with Crippen molar-refractivity contribution in [2.45, 2.75) is 35.7 Å². The van der Waals surface area contributed by atoms with Gasteiger partial charge in [-0.1, -0.05) is 53.5 Å². The fourth-order valence-corrected chi connectivity index (χ4v) is 7.29. The molecule has 34 heavy (non-hydrogen) atoms. The summed E-state index contributed by atoms with van der Waals surface area (Å²) in [6.45, 7) is 2.94. The van der Waals surface area contributed by atoms with Gasteiger partial charge in [0.2, 0.25) is 0 Å². The third-order valence-corrected chi connectivity index (χ3v) is 9.61. The van der Waals surface area contributed by atoms with Crippen LogP contribution in [-0.4, -0.2) is 30.3 Å². The van der Waals surface area contributed by atoms with E-state index in [-0.39, 0.29) is 21.6 Å². The van der Waals surface area contributed by atoms with Crippen LogP contribution in [0.4, 0.5) is 4.39 Å². The number of nitrogens with zero attached hydrogens (tertiary/aromatic N) is 1. The van der Waals surface area contributed by atoms with E-state index in [1.807, 2.05) is 23.9 Å². The molecule has 1 atom stereocenters. The van der Waals surface area contributed by atoms with E-state index in [0.29, 0.717) is 22.0 Å². The van der Waals surface area contributed by atoms with Gasteiger partial charge in [-0.25, -0.2) is 4.39 Å². The van der Waals surface area contributed by atoms with Crippen molar-refractivity contribution in [3.8, 4) is 0 Å². The van der Waals surface area contributed by atoms with Gasteiger partial charge < -0.3 is 4.90 Å². The van der Waals surface area contributed by atoms with Crippen molar-refractivity contribution in [2.75, 3.05) is 19.6 Å². The molecule has 0 bridgehead atoms. The maximum atomic E-state index is 13.1. The third kappa shape index (κ3) is 4.79. The van der Waals surface area contributed by atoms with Gasteiger partial charge in [-0.15, -0.1) is 11.8 Å². The van der Waals surface area contributed by atoms with Crippen molar-refractivity contribution in [3.05, 3.63) is 105 Å².